The minimum atomic E-state index is -0.759. The van der Waals surface area contributed by atoms with Gasteiger partial charge < -0.3 is 9.47 Å². The standard InChI is InChI=1S/C6H6O4.7CO.Co.Mn/c1-9-5(7)3-4-6(8)10-2;7*1-2;;/h1-2H3;;;;;;;;;. The normalized spacial score (nSPS) is 3.23. The Morgan fingerprint density at radius 2 is 0.692 bits per heavy atom. The molecule has 0 saturated carbocycles. The zero-order valence-corrected chi connectivity index (χ0v) is 14.9. The summed E-state index contributed by atoms with van der Waals surface area (Å²) in [6.07, 6.45) is 0. The molecule has 0 aliphatic carbocycles. The van der Waals surface area contributed by atoms with Crippen molar-refractivity contribution in [3.05, 3.63) is 46.6 Å². The largest absolute Gasteiger partial charge is 0 e. The van der Waals surface area contributed by atoms with Gasteiger partial charge in [0.05, 0.1) is 14.2 Å². The van der Waals surface area contributed by atoms with E-state index in [0.29, 0.717) is 0 Å². The Bertz CT molecular complexity index is 382. The Morgan fingerprint density at radius 3 is 0.769 bits per heavy atom. The quantitative estimate of drug-likeness (QED) is 0.115. The van der Waals surface area contributed by atoms with E-state index in [2.05, 4.69) is 56.0 Å². The van der Waals surface area contributed by atoms with Crippen LogP contribution in [0.4, 0.5) is 0 Å². The molecule has 0 N–H and O–H groups in total. The minimum absolute atomic E-state index is 0. The first-order chi connectivity index (χ1) is 11.7. The Labute approximate surface area is 170 Å². The van der Waals surface area contributed by atoms with Crippen molar-refractivity contribution >= 4 is 11.9 Å². The molecule has 0 spiro atoms. The molecule has 0 bridgehead atoms. The molecule has 0 heterocycles. The molecule has 11 nitrogen and oxygen atoms in total. The van der Waals surface area contributed by atoms with Crippen LogP contribution in [0.1, 0.15) is 0 Å². The first-order valence-electron chi connectivity index (χ1n) is 3.81. The van der Waals surface area contributed by atoms with Crippen LogP contribution >= 0.6 is 0 Å². The van der Waals surface area contributed by atoms with Gasteiger partial charge in [0, 0.05) is 45.7 Å². The summed E-state index contributed by atoms with van der Waals surface area (Å²) in [4.78, 5) is 20.5. The molecule has 0 aliphatic rings. The van der Waals surface area contributed by atoms with Crippen LogP contribution in [0.2, 0.25) is 0 Å². The molecule has 0 saturated heterocycles. The van der Waals surface area contributed by atoms with E-state index in [1.54, 1.807) is 0 Å². The fraction of sp³-hybridized carbons (Fsp3) is 0.154. The van der Waals surface area contributed by atoms with Gasteiger partial charge in [-0.2, -0.15) is 0 Å². The molecule has 0 amide bonds. The smallest absolute Gasteiger partial charge is 0 e. The predicted octanol–water partition coefficient (Wildman–Crippen LogP) is -0.932. The van der Waals surface area contributed by atoms with Crippen molar-refractivity contribution in [1.82, 2.24) is 0 Å². The fourth-order valence-electron chi connectivity index (χ4n) is 0.204. The summed E-state index contributed by atoms with van der Waals surface area (Å²) >= 11 is 0. The number of hydrogen-bond acceptors (Lipinski definition) is 4. The summed E-state index contributed by atoms with van der Waals surface area (Å²) in [7, 11) is 2.35. The second-order valence-corrected chi connectivity index (χ2v) is 1.23. The Kier molecular flexibility index (Phi) is 451. The van der Waals surface area contributed by atoms with Gasteiger partial charge in [-0.15, -0.1) is 0 Å². The molecule has 140 valence electrons. The van der Waals surface area contributed by atoms with Gasteiger partial charge in [-0.1, -0.05) is 0 Å². The Balaban J connectivity index is -0.0000000171. The summed E-state index contributed by atoms with van der Waals surface area (Å²) < 4.78 is 60.7. The van der Waals surface area contributed by atoms with E-state index >= 15 is 0 Å². The Hall–Kier alpha value is -2.29. The molecular weight excluding hydrogens is 446 g/mol. The van der Waals surface area contributed by atoms with E-state index in [9.17, 15) is 9.59 Å². The number of esters is 2. The molecule has 0 rings (SSSR count). The molecule has 26 heavy (non-hydrogen) atoms. The maximum Gasteiger partial charge on any atom is 0 e. The summed E-state index contributed by atoms with van der Waals surface area (Å²) in [5.74, 6) is 2.28. The maximum atomic E-state index is 10.2. The van der Waals surface area contributed by atoms with Crippen LogP contribution in [0.3, 0.4) is 0 Å². The molecule has 0 aromatic heterocycles. The van der Waals surface area contributed by atoms with Crippen LogP contribution in [0.25, 0.3) is 0 Å². The minimum Gasteiger partial charge on any atom is 0 e. The molecule has 0 unspecified atom stereocenters. The van der Waals surface area contributed by atoms with Crippen molar-refractivity contribution in [2.45, 2.75) is 0 Å². The van der Waals surface area contributed by atoms with Gasteiger partial charge in [0.25, 0.3) is 0 Å². The van der Waals surface area contributed by atoms with E-state index in [1.807, 2.05) is 11.8 Å². The first kappa shape index (κ1) is 65.1. The third kappa shape index (κ3) is 207. The van der Waals surface area contributed by atoms with Crippen molar-refractivity contribution in [3.8, 4) is 11.8 Å². The second-order valence-electron chi connectivity index (χ2n) is 1.23. The van der Waals surface area contributed by atoms with Crippen LogP contribution in [0, 0.1) is 58.4 Å². The number of carbonyl (C=O) groups is 2. The molecule has 0 fully saturated rings. The first-order valence-corrected chi connectivity index (χ1v) is 3.81. The van der Waals surface area contributed by atoms with Crippen LogP contribution < -0.4 is 0 Å². The number of hydrogen-bond donors (Lipinski definition) is 0. The van der Waals surface area contributed by atoms with E-state index in [0.717, 1.165) is 0 Å². The van der Waals surface area contributed by atoms with E-state index in [-0.39, 0.29) is 33.8 Å². The van der Waals surface area contributed by atoms with Crippen LogP contribution in [-0.2, 0) is 85.5 Å². The van der Waals surface area contributed by atoms with E-state index in [4.69, 9.17) is 32.6 Å². The van der Waals surface area contributed by atoms with Gasteiger partial charge in [-0.05, 0) is 0 Å². The number of ether oxygens (including phenoxy) is 2. The number of carbonyl (C=O) groups excluding carboxylic acids is 2. The van der Waals surface area contributed by atoms with Crippen LogP contribution in [0.5, 0.6) is 0 Å². The molecule has 13 heteroatoms. The third-order valence-corrected chi connectivity index (χ3v) is 0.637. The van der Waals surface area contributed by atoms with Gasteiger partial charge in [0.1, 0.15) is 0 Å². The summed E-state index contributed by atoms with van der Waals surface area (Å²) in [5.41, 5.74) is 0. The van der Waals surface area contributed by atoms with Crippen molar-refractivity contribution in [2.75, 3.05) is 14.2 Å². The van der Waals surface area contributed by atoms with E-state index < -0.39 is 11.9 Å². The van der Waals surface area contributed by atoms with Crippen molar-refractivity contribution < 1.29 is 85.5 Å². The number of rotatable bonds is 0. The van der Waals surface area contributed by atoms with Gasteiger partial charge in [0.15, 0.2) is 0 Å². The predicted molar refractivity (Wildman–Crippen MR) is 59.3 cm³/mol. The second kappa shape index (κ2) is 180. The monoisotopic (exact) mass is 452 g/mol. The topological polar surface area (TPSA) is 192 Å². The van der Waals surface area contributed by atoms with Gasteiger partial charge in [-0.3, -0.25) is 0 Å². The van der Waals surface area contributed by atoms with Gasteiger partial charge in [-0.25, -0.2) is 9.59 Å². The summed E-state index contributed by atoms with van der Waals surface area (Å²) in [6, 6.07) is 0. The van der Waals surface area contributed by atoms with Crippen LogP contribution in [0.15, 0.2) is 0 Å². The molecule has 2 radical (unpaired) electrons. The molecule has 0 aromatic rings. The Morgan fingerprint density at radius 1 is 0.577 bits per heavy atom. The molecule has 0 aromatic carbocycles. The zero-order chi connectivity index (χ0) is 22.0. The van der Waals surface area contributed by atoms with Crippen molar-refractivity contribution in [1.29, 1.82) is 0 Å². The van der Waals surface area contributed by atoms with Crippen molar-refractivity contribution in [2.24, 2.45) is 0 Å². The van der Waals surface area contributed by atoms with E-state index in [1.165, 1.54) is 14.2 Å². The summed E-state index contributed by atoms with van der Waals surface area (Å²) in [6.45, 7) is 31.5. The summed E-state index contributed by atoms with van der Waals surface area (Å²) in [5, 5.41) is 0. The van der Waals surface area contributed by atoms with Gasteiger partial charge in [0.2, 0.25) is 0 Å². The molecular formula is C13H6CoMnO11. The maximum absolute atomic E-state index is 10.2. The number of methoxy groups -OCH3 is 2. The SMILES string of the molecule is COC(=O)C#CC(=O)OC.[C-]#[O+].[C-]#[O+].[C-]#[O+].[C-]#[O+].[C-]#[O+].[C-]#[O+].[C-]#[O+].[Co].[Mn]. The molecule has 0 atom stereocenters. The average molecular weight is 452 g/mol. The zero-order valence-electron chi connectivity index (χ0n) is 12.7. The molecule has 0 aliphatic heterocycles. The fourth-order valence-corrected chi connectivity index (χ4v) is 0.204. The third-order valence-electron chi connectivity index (χ3n) is 0.637. The van der Waals surface area contributed by atoms with Crippen molar-refractivity contribution in [3.63, 3.8) is 0 Å². The van der Waals surface area contributed by atoms with Crippen LogP contribution in [-0.4, -0.2) is 26.2 Å². The average Bonchev–Trinajstić information content (AvgIpc) is 2.76. The van der Waals surface area contributed by atoms with Gasteiger partial charge >= 0.3 is 91.1 Å².